The highest BCUT2D eigenvalue weighted by Crippen LogP contribution is 2.40. The summed E-state index contributed by atoms with van der Waals surface area (Å²) in [5, 5.41) is 7.10. The molecular formula is C25H25N7O2. The van der Waals surface area contributed by atoms with Crippen molar-refractivity contribution in [1.82, 2.24) is 19.9 Å². The zero-order valence-corrected chi connectivity index (χ0v) is 18.8. The number of hydrogen-bond acceptors (Lipinski definition) is 8. The Kier molecular flexibility index (Phi) is 5.45. The Labute approximate surface area is 197 Å². The molecule has 0 spiro atoms. The number of nitrogens with zero attached hydrogens (tertiary/aromatic N) is 5. The van der Waals surface area contributed by atoms with Crippen LogP contribution in [0.3, 0.4) is 0 Å². The van der Waals surface area contributed by atoms with Crippen LogP contribution in [-0.2, 0) is 22.4 Å². The van der Waals surface area contributed by atoms with E-state index in [1.807, 2.05) is 6.07 Å². The van der Waals surface area contributed by atoms with Gasteiger partial charge in [-0.05, 0) is 48.1 Å². The third kappa shape index (κ3) is 4.02. The number of ether oxygens (including phenoxy) is 1. The number of amides is 1. The Bertz CT molecular complexity index is 1320. The molecule has 3 aromatic rings. The Morgan fingerprint density at radius 3 is 2.91 bits per heavy atom. The molecule has 2 aromatic heterocycles. The molecule has 0 bridgehead atoms. The lowest BCUT2D eigenvalue weighted by molar-refractivity contribution is -0.111. The Morgan fingerprint density at radius 1 is 1.09 bits per heavy atom. The summed E-state index contributed by atoms with van der Waals surface area (Å²) in [6.07, 6.45) is 5.24. The van der Waals surface area contributed by atoms with Gasteiger partial charge in [0, 0.05) is 42.9 Å². The molecule has 3 aliphatic heterocycles. The Morgan fingerprint density at radius 2 is 2.00 bits per heavy atom. The van der Waals surface area contributed by atoms with Crippen LogP contribution in [0.15, 0.2) is 30.7 Å². The minimum atomic E-state index is -0.381. The molecule has 1 amide bonds. The molecule has 34 heavy (non-hydrogen) atoms. The fraction of sp³-hybridized carbons (Fsp3) is 0.360. The monoisotopic (exact) mass is 455 g/mol. The number of carbonyl (C=O) groups is 1. The lowest BCUT2D eigenvalue weighted by Crippen LogP contribution is -2.36. The van der Waals surface area contributed by atoms with E-state index in [1.165, 1.54) is 22.5 Å². The second kappa shape index (κ2) is 8.89. The van der Waals surface area contributed by atoms with Crippen LogP contribution in [0.4, 0.5) is 23.0 Å². The summed E-state index contributed by atoms with van der Waals surface area (Å²) in [4.78, 5) is 30.2. The van der Waals surface area contributed by atoms with Crippen LogP contribution < -0.4 is 15.5 Å². The zero-order chi connectivity index (χ0) is 22.9. The maximum absolute atomic E-state index is 12.4. The Balaban J connectivity index is 1.24. The third-order valence-corrected chi connectivity index (χ3v) is 6.52. The predicted molar refractivity (Wildman–Crippen MR) is 130 cm³/mol. The maximum atomic E-state index is 12.4. The van der Waals surface area contributed by atoms with Crippen LogP contribution in [0.5, 0.6) is 0 Å². The number of aromatic nitrogens is 3. The van der Waals surface area contributed by atoms with Crippen molar-refractivity contribution >= 4 is 39.8 Å². The van der Waals surface area contributed by atoms with E-state index >= 15 is 0 Å². The lowest BCUT2D eigenvalue weighted by atomic mass is 10.1. The number of fused-ring (bicyclic) bond motifs is 3. The Hall–Kier alpha value is -3.74. The summed E-state index contributed by atoms with van der Waals surface area (Å²) >= 11 is 0. The van der Waals surface area contributed by atoms with Gasteiger partial charge in [0.1, 0.15) is 18.0 Å². The first-order chi connectivity index (χ1) is 16.7. The summed E-state index contributed by atoms with van der Waals surface area (Å²) in [7, 11) is 0. The van der Waals surface area contributed by atoms with Gasteiger partial charge in [-0.3, -0.25) is 15.0 Å². The van der Waals surface area contributed by atoms with Crippen molar-refractivity contribution in [2.75, 3.05) is 61.5 Å². The largest absolute Gasteiger partial charge is 0.384 e. The average Bonchev–Trinajstić information content (AvgIpc) is 3.49. The van der Waals surface area contributed by atoms with Gasteiger partial charge in [-0.2, -0.15) is 0 Å². The van der Waals surface area contributed by atoms with E-state index in [1.54, 1.807) is 12.5 Å². The fourth-order valence-corrected chi connectivity index (χ4v) is 4.77. The molecular weight excluding hydrogens is 430 g/mol. The summed E-state index contributed by atoms with van der Waals surface area (Å²) in [5.74, 6) is 6.49. The molecule has 0 aliphatic carbocycles. The topological polar surface area (TPSA) is 95.5 Å². The van der Waals surface area contributed by atoms with Gasteiger partial charge in [0.15, 0.2) is 0 Å². The van der Waals surface area contributed by atoms with Gasteiger partial charge in [-0.15, -0.1) is 0 Å². The van der Waals surface area contributed by atoms with Crippen LogP contribution in [0.1, 0.15) is 11.1 Å². The summed E-state index contributed by atoms with van der Waals surface area (Å²) in [6, 6.07) is 6.38. The van der Waals surface area contributed by atoms with Crippen molar-refractivity contribution in [2.24, 2.45) is 0 Å². The van der Waals surface area contributed by atoms with E-state index in [9.17, 15) is 4.79 Å². The molecule has 1 fully saturated rings. The number of hydrogen-bond donors (Lipinski definition) is 2. The number of carbonyl (C=O) groups excluding carboxylic acids is 1. The SMILES string of the molecule is O=C(C#CCN1CCOCC1)Nc1cc2c(N3CCc4cc5c(cc43)CCN5)ncnc2cn1. The van der Waals surface area contributed by atoms with E-state index in [0.29, 0.717) is 25.6 Å². The van der Waals surface area contributed by atoms with Gasteiger partial charge < -0.3 is 15.0 Å². The van der Waals surface area contributed by atoms with Crippen LogP contribution in [0, 0.1) is 11.8 Å². The van der Waals surface area contributed by atoms with E-state index < -0.39 is 0 Å². The molecule has 3 aliphatic rings. The summed E-state index contributed by atoms with van der Waals surface area (Å²) < 4.78 is 5.33. The normalized spacial score (nSPS) is 17.0. The van der Waals surface area contributed by atoms with Crippen LogP contribution >= 0.6 is 0 Å². The third-order valence-electron chi connectivity index (χ3n) is 6.52. The minimum absolute atomic E-state index is 0.381. The first kappa shape index (κ1) is 20.8. The molecule has 2 N–H and O–H groups in total. The number of pyridine rings is 1. The van der Waals surface area contributed by atoms with Gasteiger partial charge in [0.2, 0.25) is 0 Å². The highest BCUT2D eigenvalue weighted by molar-refractivity contribution is 6.04. The smallest absolute Gasteiger partial charge is 0.301 e. The first-order valence-electron chi connectivity index (χ1n) is 11.6. The van der Waals surface area contributed by atoms with Crippen LogP contribution in [0.2, 0.25) is 0 Å². The molecule has 1 saturated heterocycles. The minimum Gasteiger partial charge on any atom is -0.384 e. The molecule has 6 rings (SSSR count). The van der Waals surface area contributed by atoms with E-state index in [-0.39, 0.29) is 5.91 Å². The van der Waals surface area contributed by atoms with Gasteiger partial charge in [-0.1, -0.05) is 5.92 Å². The lowest BCUT2D eigenvalue weighted by Gasteiger charge is -2.24. The molecule has 5 heterocycles. The van der Waals surface area contributed by atoms with Crippen molar-refractivity contribution < 1.29 is 9.53 Å². The van der Waals surface area contributed by atoms with Gasteiger partial charge >= 0.3 is 5.91 Å². The van der Waals surface area contributed by atoms with Gasteiger partial charge in [0.25, 0.3) is 0 Å². The number of anilines is 4. The molecule has 9 heteroatoms. The predicted octanol–water partition coefficient (Wildman–Crippen LogP) is 1.96. The zero-order valence-electron chi connectivity index (χ0n) is 18.8. The van der Waals surface area contributed by atoms with Gasteiger partial charge in [-0.25, -0.2) is 15.0 Å². The number of benzene rings is 1. The van der Waals surface area contributed by atoms with Crippen molar-refractivity contribution in [3.05, 3.63) is 41.9 Å². The molecule has 0 atom stereocenters. The van der Waals surface area contributed by atoms with E-state index in [2.05, 4.69) is 59.4 Å². The first-order valence-corrected chi connectivity index (χ1v) is 11.6. The van der Waals surface area contributed by atoms with Crippen molar-refractivity contribution in [3.8, 4) is 11.8 Å². The van der Waals surface area contributed by atoms with Crippen LogP contribution in [0.25, 0.3) is 10.9 Å². The maximum Gasteiger partial charge on any atom is 0.301 e. The number of morpholine rings is 1. The van der Waals surface area contributed by atoms with E-state index in [0.717, 1.165) is 55.7 Å². The molecule has 0 radical (unpaired) electrons. The van der Waals surface area contributed by atoms with Crippen molar-refractivity contribution in [3.63, 3.8) is 0 Å². The highest BCUT2D eigenvalue weighted by Gasteiger charge is 2.26. The second-order valence-corrected chi connectivity index (χ2v) is 8.64. The number of nitrogens with one attached hydrogen (secondary N) is 2. The van der Waals surface area contributed by atoms with Gasteiger partial charge in [0.05, 0.1) is 31.5 Å². The quantitative estimate of drug-likeness (QED) is 0.579. The van der Waals surface area contributed by atoms with Crippen molar-refractivity contribution in [2.45, 2.75) is 12.8 Å². The second-order valence-electron chi connectivity index (χ2n) is 8.64. The average molecular weight is 456 g/mol. The molecule has 172 valence electrons. The molecule has 9 nitrogen and oxygen atoms in total. The molecule has 1 aromatic carbocycles. The van der Waals surface area contributed by atoms with E-state index in [4.69, 9.17) is 4.74 Å². The highest BCUT2D eigenvalue weighted by atomic mass is 16.5. The van der Waals surface area contributed by atoms with Crippen molar-refractivity contribution in [1.29, 1.82) is 0 Å². The fourth-order valence-electron chi connectivity index (χ4n) is 4.77. The molecule has 0 unspecified atom stereocenters. The summed E-state index contributed by atoms with van der Waals surface area (Å²) in [6.45, 7) is 5.47. The van der Waals surface area contributed by atoms with Crippen LogP contribution in [-0.4, -0.2) is 71.7 Å². The number of rotatable bonds is 3. The molecule has 0 saturated carbocycles. The standard InChI is InChI=1S/C25H25N7O2/c33-24(2-1-6-31-8-10-34-11-9-31)30-23-14-19-21(15-27-23)28-16-29-25(19)32-7-4-18-12-20-17(3-5-26-20)13-22(18)32/h12-16,26H,3-11H2,(H,27,30,33). The summed E-state index contributed by atoms with van der Waals surface area (Å²) in [5.41, 5.74) is 5.83.